The van der Waals surface area contributed by atoms with Crippen LogP contribution in [0.4, 0.5) is 15.8 Å². The Hall–Kier alpha value is -2.87. The number of methoxy groups -OCH3 is 1. The van der Waals surface area contributed by atoms with Crippen LogP contribution in [0.25, 0.3) is 0 Å². The van der Waals surface area contributed by atoms with E-state index < -0.39 is 5.25 Å². The summed E-state index contributed by atoms with van der Waals surface area (Å²) in [5.41, 5.74) is 1.52. The van der Waals surface area contributed by atoms with E-state index >= 15 is 0 Å². The molecule has 1 fully saturated rings. The number of aryl methyl sites for hydroxylation is 1. The predicted octanol–water partition coefficient (Wildman–Crippen LogP) is 3.39. The smallest absolute Gasteiger partial charge is 0.240 e. The van der Waals surface area contributed by atoms with Crippen LogP contribution in [0.1, 0.15) is 12.0 Å². The molecule has 2 aromatic carbocycles. The van der Waals surface area contributed by atoms with Gasteiger partial charge in [0.2, 0.25) is 11.8 Å². The highest BCUT2D eigenvalue weighted by atomic mass is 32.2. The molecular weight excluding hydrogens is 369 g/mol. The minimum Gasteiger partial charge on any atom is -0.497 e. The number of carbonyl (C=O) groups is 2. The number of nitrogens with zero attached hydrogens (tertiary/aromatic N) is 1. The van der Waals surface area contributed by atoms with Crippen LogP contribution in [0.2, 0.25) is 0 Å². The fourth-order valence-corrected chi connectivity index (χ4v) is 3.43. The quantitative estimate of drug-likeness (QED) is 0.824. The number of carbonyl (C=O) groups excluding carboxylic acids is 2. The SMILES string of the molecule is COc1cccc(NC(=O)C[C@@H]2SC(=Nc3ccc(C)c(F)c3)NC2=O)c1. The Morgan fingerprint density at radius 2 is 2.15 bits per heavy atom. The van der Waals surface area contributed by atoms with Gasteiger partial charge in [-0.3, -0.25) is 9.59 Å². The third-order valence-electron chi connectivity index (χ3n) is 3.89. The number of amidine groups is 1. The average molecular weight is 387 g/mol. The first-order valence-corrected chi connectivity index (χ1v) is 9.09. The number of benzene rings is 2. The summed E-state index contributed by atoms with van der Waals surface area (Å²) in [5.74, 6) is -0.327. The number of anilines is 1. The van der Waals surface area contributed by atoms with Crippen LogP contribution in [0.15, 0.2) is 47.5 Å². The summed E-state index contributed by atoms with van der Waals surface area (Å²) in [7, 11) is 1.54. The molecule has 0 saturated carbocycles. The van der Waals surface area contributed by atoms with Crippen LogP contribution >= 0.6 is 11.8 Å². The molecule has 1 aliphatic heterocycles. The van der Waals surface area contributed by atoms with E-state index in [-0.39, 0.29) is 24.1 Å². The van der Waals surface area contributed by atoms with E-state index in [2.05, 4.69) is 15.6 Å². The molecule has 0 aromatic heterocycles. The van der Waals surface area contributed by atoms with Gasteiger partial charge in [-0.1, -0.05) is 23.9 Å². The number of hydrogen-bond acceptors (Lipinski definition) is 5. The van der Waals surface area contributed by atoms with Crippen molar-refractivity contribution in [1.29, 1.82) is 0 Å². The lowest BCUT2D eigenvalue weighted by Gasteiger charge is -2.08. The number of thioether (sulfide) groups is 1. The molecule has 0 bridgehead atoms. The summed E-state index contributed by atoms with van der Waals surface area (Å²) in [6.07, 6.45) is -0.00497. The molecule has 0 aliphatic carbocycles. The van der Waals surface area contributed by atoms with Gasteiger partial charge in [0.15, 0.2) is 5.17 Å². The molecule has 2 aromatic rings. The molecule has 1 aliphatic rings. The van der Waals surface area contributed by atoms with Gasteiger partial charge in [-0.05, 0) is 36.8 Å². The largest absolute Gasteiger partial charge is 0.497 e. The Labute approximate surface area is 160 Å². The van der Waals surface area contributed by atoms with Gasteiger partial charge in [0.25, 0.3) is 0 Å². The molecule has 8 heteroatoms. The van der Waals surface area contributed by atoms with Crippen molar-refractivity contribution < 1.29 is 18.7 Å². The Morgan fingerprint density at radius 1 is 1.33 bits per heavy atom. The maximum atomic E-state index is 13.6. The van der Waals surface area contributed by atoms with E-state index in [1.165, 1.54) is 6.07 Å². The van der Waals surface area contributed by atoms with Gasteiger partial charge in [0.05, 0.1) is 12.8 Å². The maximum Gasteiger partial charge on any atom is 0.240 e. The molecule has 1 saturated heterocycles. The minimum absolute atomic E-state index is 0.00497. The third-order valence-corrected chi connectivity index (χ3v) is 4.97. The number of amides is 2. The van der Waals surface area contributed by atoms with Crippen molar-refractivity contribution in [1.82, 2.24) is 5.32 Å². The van der Waals surface area contributed by atoms with E-state index in [0.29, 0.717) is 27.9 Å². The van der Waals surface area contributed by atoms with Crippen LogP contribution in [0.3, 0.4) is 0 Å². The number of ether oxygens (including phenoxy) is 1. The average Bonchev–Trinajstić information content (AvgIpc) is 2.97. The monoisotopic (exact) mass is 387 g/mol. The van der Waals surface area contributed by atoms with Crippen LogP contribution in [-0.4, -0.2) is 29.3 Å². The first-order chi connectivity index (χ1) is 12.9. The number of halogens is 1. The summed E-state index contributed by atoms with van der Waals surface area (Å²) in [6.45, 7) is 1.66. The third kappa shape index (κ3) is 4.85. The Bertz CT molecular complexity index is 917. The lowest BCUT2D eigenvalue weighted by Crippen LogP contribution is -2.28. The van der Waals surface area contributed by atoms with E-state index in [1.54, 1.807) is 50.4 Å². The standard InChI is InChI=1S/C19H18FN3O3S/c1-11-6-7-13(9-15(11)20)22-19-23-18(25)16(27-19)10-17(24)21-12-4-3-5-14(8-12)26-2/h3-9,16H,10H2,1-2H3,(H,21,24)(H,22,23,25)/t16-/m0/s1. The molecule has 1 heterocycles. The van der Waals surface area contributed by atoms with Gasteiger partial charge in [-0.2, -0.15) is 0 Å². The second-order valence-electron chi connectivity index (χ2n) is 5.93. The predicted molar refractivity (Wildman–Crippen MR) is 104 cm³/mol. The maximum absolute atomic E-state index is 13.6. The minimum atomic E-state index is -0.593. The molecule has 3 rings (SSSR count). The number of aliphatic imine (C=N–C) groups is 1. The van der Waals surface area contributed by atoms with E-state index in [0.717, 1.165) is 11.8 Å². The number of hydrogen-bond donors (Lipinski definition) is 2. The normalized spacial score (nSPS) is 17.7. The Balaban J connectivity index is 1.62. The summed E-state index contributed by atoms with van der Waals surface area (Å²) < 4.78 is 18.7. The molecular formula is C19H18FN3O3S. The molecule has 1 atom stereocenters. The first kappa shape index (κ1) is 18.9. The molecule has 0 spiro atoms. The zero-order valence-electron chi connectivity index (χ0n) is 14.8. The van der Waals surface area contributed by atoms with E-state index in [4.69, 9.17) is 4.74 Å². The highest BCUT2D eigenvalue weighted by Gasteiger charge is 2.32. The van der Waals surface area contributed by atoms with Crippen molar-refractivity contribution in [3.8, 4) is 5.75 Å². The van der Waals surface area contributed by atoms with E-state index in [9.17, 15) is 14.0 Å². The molecule has 2 amide bonds. The highest BCUT2D eigenvalue weighted by Crippen LogP contribution is 2.26. The van der Waals surface area contributed by atoms with Gasteiger partial charge < -0.3 is 15.4 Å². The first-order valence-electron chi connectivity index (χ1n) is 8.21. The number of nitrogens with one attached hydrogen (secondary N) is 2. The fourth-order valence-electron chi connectivity index (χ4n) is 2.44. The van der Waals surface area contributed by atoms with Gasteiger partial charge in [-0.15, -0.1) is 0 Å². The van der Waals surface area contributed by atoms with Crippen molar-refractivity contribution in [2.75, 3.05) is 12.4 Å². The molecule has 27 heavy (non-hydrogen) atoms. The van der Waals surface area contributed by atoms with Crippen LogP contribution in [0.5, 0.6) is 5.75 Å². The zero-order valence-corrected chi connectivity index (χ0v) is 15.6. The van der Waals surface area contributed by atoms with Crippen LogP contribution in [0, 0.1) is 12.7 Å². The Kier molecular flexibility index (Phi) is 5.75. The summed E-state index contributed by atoms with van der Waals surface area (Å²) in [5, 5.41) is 5.12. The summed E-state index contributed by atoms with van der Waals surface area (Å²) in [4.78, 5) is 28.6. The lowest BCUT2D eigenvalue weighted by atomic mass is 10.2. The van der Waals surface area contributed by atoms with Gasteiger partial charge in [0, 0.05) is 18.2 Å². The highest BCUT2D eigenvalue weighted by molar-refractivity contribution is 8.15. The molecule has 6 nitrogen and oxygen atoms in total. The Morgan fingerprint density at radius 3 is 2.89 bits per heavy atom. The summed E-state index contributed by atoms with van der Waals surface area (Å²) >= 11 is 1.15. The second kappa shape index (κ2) is 8.22. The fraction of sp³-hybridized carbons (Fsp3) is 0.211. The van der Waals surface area contributed by atoms with Crippen molar-refractivity contribution in [3.63, 3.8) is 0 Å². The van der Waals surface area contributed by atoms with Crippen LogP contribution in [-0.2, 0) is 9.59 Å². The van der Waals surface area contributed by atoms with Crippen molar-refractivity contribution in [2.45, 2.75) is 18.6 Å². The topological polar surface area (TPSA) is 79.8 Å². The molecule has 2 N–H and O–H groups in total. The van der Waals surface area contributed by atoms with Crippen LogP contribution < -0.4 is 15.4 Å². The van der Waals surface area contributed by atoms with Crippen molar-refractivity contribution in [3.05, 3.63) is 53.8 Å². The van der Waals surface area contributed by atoms with Gasteiger partial charge >= 0.3 is 0 Å². The lowest BCUT2D eigenvalue weighted by molar-refractivity contribution is -0.122. The molecule has 0 radical (unpaired) electrons. The van der Waals surface area contributed by atoms with Crippen molar-refractivity contribution in [2.24, 2.45) is 4.99 Å². The molecule has 0 unspecified atom stereocenters. The number of rotatable bonds is 5. The van der Waals surface area contributed by atoms with Gasteiger partial charge in [-0.25, -0.2) is 9.38 Å². The van der Waals surface area contributed by atoms with Gasteiger partial charge in [0.1, 0.15) is 16.8 Å². The zero-order chi connectivity index (χ0) is 19.4. The summed E-state index contributed by atoms with van der Waals surface area (Å²) in [6, 6.07) is 11.6. The molecule has 140 valence electrons. The van der Waals surface area contributed by atoms with Crippen molar-refractivity contribution >= 4 is 40.1 Å². The van der Waals surface area contributed by atoms with E-state index in [1.807, 2.05) is 0 Å². The second-order valence-corrected chi connectivity index (χ2v) is 7.12.